The van der Waals surface area contributed by atoms with E-state index in [0.29, 0.717) is 0 Å². The summed E-state index contributed by atoms with van der Waals surface area (Å²) in [5.41, 5.74) is 1.97. The van der Waals surface area contributed by atoms with Gasteiger partial charge >= 0.3 is 0 Å². The van der Waals surface area contributed by atoms with Crippen molar-refractivity contribution in [3.8, 4) is 0 Å². The number of halogens is 1. The van der Waals surface area contributed by atoms with Crippen molar-refractivity contribution in [2.24, 2.45) is 0 Å². The third-order valence-corrected chi connectivity index (χ3v) is 4.41. The molecule has 0 fully saturated rings. The van der Waals surface area contributed by atoms with Crippen molar-refractivity contribution in [1.29, 1.82) is 0 Å². The molecule has 2 aromatic rings. The van der Waals surface area contributed by atoms with Crippen LogP contribution < -0.4 is 4.72 Å². The first kappa shape index (κ1) is 14.0. The van der Waals surface area contributed by atoms with Crippen LogP contribution in [0.1, 0.15) is 11.1 Å². The molecule has 0 aliphatic carbocycles. The highest BCUT2D eigenvalue weighted by Crippen LogP contribution is 2.17. The van der Waals surface area contributed by atoms with Gasteiger partial charge in [-0.15, -0.1) is 0 Å². The van der Waals surface area contributed by atoms with Gasteiger partial charge in [-0.3, -0.25) is 0 Å². The molecule has 0 aliphatic heterocycles. The third kappa shape index (κ3) is 3.53. The standard InChI is InChI=1S/C13H13ClN2O2S/c1-10-4-2-5-11(8-10)9-16-19(17,18)12-6-3-7-15-13(12)14/h2-8,16H,9H2,1H3. The maximum Gasteiger partial charge on any atom is 0.243 e. The Morgan fingerprint density at radius 3 is 2.74 bits per heavy atom. The zero-order chi connectivity index (χ0) is 13.9. The minimum absolute atomic E-state index is 0.00989. The van der Waals surface area contributed by atoms with Crippen LogP contribution in [0.25, 0.3) is 0 Å². The summed E-state index contributed by atoms with van der Waals surface area (Å²) in [6, 6.07) is 10.6. The molecular formula is C13H13ClN2O2S. The summed E-state index contributed by atoms with van der Waals surface area (Å²) < 4.78 is 26.7. The number of nitrogens with one attached hydrogen (secondary N) is 1. The molecule has 0 radical (unpaired) electrons. The number of sulfonamides is 1. The van der Waals surface area contributed by atoms with Gasteiger partial charge in [0.2, 0.25) is 10.0 Å². The summed E-state index contributed by atoms with van der Waals surface area (Å²) in [5, 5.41) is -0.0285. The SMILES string of the molecule is Cc1cccc(CNS(=O)(=O)c2cccnc2Cl)c1. The molecule has 2 rings (SSSR count). The Balaban J connectivity index is 2.17. The maximum atomic E-state index is 12.1. The highest BCUT2D eigenvalue weighted by molar-refractivity contribution is 7.89. The van der Waals surface area contributed by atoms with Gasteiger partial charge in [-0.05, 0) is 24.6 Å². The highest BCUT2D eigenvalue weighted by Gasteiger charge is 2.17. The molecule has 0 bridgehead atoms. The minimum atomic E-state index is -3.65. The second-order valence-corrected chi connectivity index (χ2v) is 6.20. The summed E-state index contributed by atoms with van der Waals surface area (Å²) in [4.78, 5) is 3.75. The van der Waals surface area contributed by atoms with Crippen molar-refractivity contribution in [3.05, 3.63) is 58.9 Å². The molecule has 0 unspecified atom stereocenters. The van der Waals surface area contributed by atoms with Crippen molar-refractivity contribution in [1.82, 2.24) is 9.71 Å². The summed E-state index contributed by atoms with van der Waals surface area (Å²) >= 11 is 5.79. The lowest BCUT2D eigenvalue weighted by Crippen LogP contribution is -2.23. The molecule has 1 aromatic carbocycles. The van der Waals surface area contributed by atoms with Crippen LogP contribution in [0.5, 0.6) is 0 Å². The molecule has 1 N–H and O–H groups in total. The lowest BCUT2D eigenvalue weighted by atomic mass is 10.1. The Morgan fingerprint density at radius 1 is 1.26 bits per heavy atom. The van der Waals surface area contributed by atoms with Crippen molar-refractivity contribution >= 4 is 21.6 Å². The summed E-state index contributed by atoms with van der Waals surface area (Å²) in [5.74, 6) is 0. The number of hydrogen-bond acceptors (Lipinski definition) is 3. The van der Waals surface area contributed by atoms with Gasteiger partial charge in [0, 0.05) is 12.7 Å². The van der Waals surface area contributed by atoms with Gasteiger partial charge < -0.3 is 0 Å². The molecule has 0 spiro atoms. The van der Waals surface area contributed by atoms with Crippen molar-refractivity contribution < 1.29 is 8.42 Å². The van der Waals surface area contributed by atoms with E-state index < -0.39 is 10.0 Å². The van der Waals surface area contributed by atoms with E-state index in [2.05, 4.69) is 9.71 Å². The third-order valence-electron chi connectivity index (χ3n) is 2.56. The zero-order valence-electron chi connectivity index (χ0n) is 10.3. The summed E-state index contributed by atoms with van der Waals surface area (Å²) in [7, 11) is -3.65. The molecule has 4 nitrogen and oxygen atoms in total. The first-order valence-corrected chi connectivity index (χ1v) is 7.51. The Hall–Kier alpha value is -1.43. The molecule has 1 aromatic heterocycles. The number of nitrogens with zero attached hydrogens (tertiary/aromatic N) is 1. The quantitative estimate of drug-likeness (QED) is 0.882. The van der Waals surface area contributed by atoms with E-state index in [0.717, 1.165) is 11.1 Å². The number of hydrogen-bond donors (Lipinski definition) is 1. The largest absolute Gasteiger partial charge is 0.243 e. The van der Waals surface area contributed by atoms with E-state index in [4.69, 9.17) is 11.6 Å². The van der Waals surface area contributed by atoms with Gasteiger partial charge in [0.15, 0.2) is 0 Å². The van der Waals surface area contributed by atoms with Crippen LogP contribution in [0.4, 0.5) is 0 Å². The van der Waals surface area contributed by atoms with Crippen LogP contribution in [-0.4, -0.2) is 13.4 Å². The summed E-state index contributed by atoms with van der Waals surface area (Å²) in [6.07, 6.45) is 1.45. The van der Waals surface area contributed by atoms with Gasteiger partial charge in [-0.1, -0.05) is 41.4 Å². The van der Waals surface area contributed by atoms with Crippen molar-refractivity contribution in [3.63, 3.8) is 0 Å². The first-order valence-electron chi connectivity index (χ1n) is 5.65. The van der Waals surface area contributed by atoms with E-state index in [-0.39, 0.29) is 16.6 Å². The van der Waals surface area contributed by atoms with Crippen LogP contribution >= 0.6 is 11.6 Å². The van der Waals surface area contributed by atoms with Gasteiger partial charge in [0.25, 0.3) is 0 Å². The molecule has 1 heterocycles. The van der Waals surface area contributed by atoms with Crippen LogP contribution in [0.15, 0.2) is 47.5 Å². The smallest absolute Gasteiger partial charge is 0.243 e. The number of aromatic nitrogens is 1. The number of benzene rings is 1. The van der Waals surface area contributed by atoms with Crippen molar-refractivity contribution in [2.45, 2.75) is 18.4 Å². The maximum absolute atomic E-state index is 12.1. The average molecular weight is 297 g/mol. The van der Waals surface area contributed by atoms with E-state index >= 15 is 0 Å². The Labute approximate surface area is 117 Å². The molecule has 6 heteroatoms. The fourth-order valence-electron chi connectivity index (χ4n) is 1.65. The van der Waals surface area contributed by atoms with E-state index in [1.165, 1.54) is 18.3 Å². The zero-order valence-corrected chi connectivity index (χ0v) is 11.9. The Kier molecular flexibility index (Phi) is 4.19. The predicted molar refractivity (Wildman–Crippen MR) is 74.5 cm³/mol. The number of pyridine rings is 1. The molecule has 19 heavy (non-hydrogen) atoms. The fourth-order valence-corrected chi connectivity index (χ4v) is 3.12. The molecular weight excluding hydrogens is 284 g/mol. The Bertz CT molecular complexity index is 687. The van der Waals surface area contributed by atoms with Crippen molar-refractivity contribution in [2.75, 3.05) is 0 Å². The normalized spacial score (nSPS) is 11.5. The lowest BCUT2D eigenvalue weighted by Gasteiger charge is -2.08. The second kappa shape index (κ2) is 5.69. The van der Waals surface area contributed by atoms with E-state index in [1.807, 2.05) is 31.2 Å². The molecule has 0 amide bonds. The van der Waals surface area contributed by atoms with Gasteiger partial charge in [-0.2, -0.15) is 0 Å². The number of rotatable bonds is 4. The van der Waals surface area contributed by atoms with Gasteiger partial charge in [-0.25, -0.2) is 18.1 Å². The minimum Gasteiger partial charge on any atom is -0.243 e. The second-order valence-electron chi connectivity index (χ2n) is 4.11. The van der Waals surface area contributed by atoms with Crippen LogP contribution in [0, 0.1) is 6.92 Å². The summed E-state index contributed by atoms with van der Waals surface area (Å²) in [6.45, 7) is 2.17. The van der Waals surface area contributed by atoms with Gasteiger partial charge in [0.1, 0.15) is 10.0 Å². The van der Waals surface area contributed by atoms with E-state index in [1.54, 1.807) is 0 Å². The van der Waals surface area contributed by atoms with E-state index in [9.17, 15) is 8.42 Å². The topological polar surface area (TPSA) is 59.1 Å². The van der Waals surface area contributed by atoms with Crippen LogP contribution in [-0.2, 0) is 16.6 Å². The van der Waals surface area contributed by atoms with Crippen LogP contribution in [0.2, 0.25) is 5.15 Å². The van der Waals surface area contributed by atoms with Gasteiger partial charge in [0.05, 0.1) is 0 Å². The first-order chi connectivity index (χ1) is 8.99. The average Bonchev–Trinajstić information content (AvgIpc) is 2.37. The molecule has 0 saturated carbocycles. The Morgan fingerprint density at radius 2 is 2.05 bits per heavy atom. The van der Waals surface area contributed by atoms with Crippen LogP contribution in [0.3, 0.4) is 0 Å². The monoisotopic (exact) mass is 296 g/mol. The number of aryl methyl sites for hydroxylation is 1. The molecule has 100 valence electrons. The fraction of sp³-hybridized carbons (Fsp3) is 0.154. The molecule has 0 aliphatic rings. The molecule has 0 atom stereocenters. The predicted octanol–water partition coefficient (Wildman–Crippen LogP) is 2.52. The lowest BCUT2D eigenvalue weighted by molar-refractivity contribution is 0.581. The highest BCUT2D eigenvalue weighted by atomic mass is 35.5. The molecule has 0 saturated heterocycles.